The highest BCUT2D eigenvalue weighted by Crippen LogP contribution is 2.28. The highest BCUT2D eigenvalue weighted by Gasteiger charge is 2.25. The van der Waals surface area contributed by atoms with Gasteiger partial charge in [0.05, 0.1) is 24.5 Å². The average molecular weight is 437 g/mol. The van der Waals surface area contributed by atoms with Crippen molar-refractivity contribution in [3.8, 4) is 11.4 Å². The Hall–Kier alpha value is -4.13. The quantitative estimate of drug-likeness (QED) is 0.433. The minimum absolute atomic E-state index is 0.0776. The molecule has 4 heterocycles. The van der Waals surface area contributed by atoms with Gasteiger partial charge in [-0.2, -0.15) is 5.10 Å². The summed E-state index contributed by atoms with van der Waals surface area (Å²) in [5, 5.41) is 4.80. The number of nitrogens with zero attached hydrogens (tertiary/aromatic N) is 6. The maximum atomic E-state index is 12.2. The van der Waals surface area contributed by atoms with Crippen LogP contribution in [0, 0.1) is 0 Å². The molecule has 7 nitrogen and oxygen atoms in total. The van der Waals surface area contributed by atoms with Crippen LogP contribution in [0.3, 0.4) is 0 Å². The summed E-state index contributed by atoms with van der Waals surface area (Å²) in [6, 6.07) is 16.1. The largest absolute Gasteiger partial charge is 0.333 e. The van der Waals surface area contributed by atoms with E-state index in [1.54, 1.807) is 11.1 Å². The Morgan fingerprint density at radius 1 is 1.06 bits per heavy atom. The molecule has 0 spiro atoms. The van der Waals surface area contributed by atoms with Crippen LogP contribution in [0.25, 0.3) is 11.4 Å². The molecule has 0 aliphatic carbocycles. The number of hydrogen-bond acceptors (Lipinski definition) is 5. The van der Waals surface area contributed by atoms with Crippen LogP contribution in [0.2, 0.25) is 0 Å². The third-order valence-electron chi connectivity index (χ3n) is 5.75. The maximum Gasteiger partial charge on any atom is 0.246 e. The number of benzene rings is 1. The standard InChI is InChI=1S/C26H24N6O/c1-2-25(33)31-13-10-21-23(18-31)28-24(15-19-7-4-3-5-8-19)29-26(21)22-11-14-32(30-22)17-20-9-6-12-27-16-20/h2-9,11-12,14,16H,1,10,13,15,17-18H2. The molecule has 164 valence electrons. The van der Waals surface area contributed by atoms with Gasteiger partial charge >= 0.3 is 0 Å². The first-order valence-electron chi connectivity index (χ1n) is 11.0. The Labute approximate surface area is 192 Å². The van der Waals surface area contributed by atoms with Crippen molar-refractivity contribution >= 4 is 5.91 Å². The molecule has 7 heteroatoms. The molecule has 4 aromatic rings. The Kier molecular flexibility index (Phi) is 5.76. The molecular formula is C26H24N6O. The summed E-state index contributed by atoms with van der Waals surface area (Å²) >= 11 is 0. The smallest absolute Gasteiger partial charge is 0.246 e. The lowest BCUT2D eigenvalue weighted by Crippen LogP contribution is -2.36. The molecule has 1 aliphatic heterocycles. The average Bonchev–Trinajstić information content (AvgIpc) is 3.32. The Balaban J connectivity index is 1.51. The zero-order valence-electron chi connectivity index (χ0n) is 18.3. The van der Waals surface area contributed by atoms with E-state index in [0.29, 0.717) is 32.5 Å². The molecule has 0 fully saturated rings. The molecule has 0 saturated heterocycles. The SMILES string of the molecule is C=CC(=O)N1CCc2c(nc(Cc3ccccc3)nc2-c2ccn(Cc3cccnc3)n2)C1. The lowest BCUT2D eigenvalue weighted by molar-refractivity contribution is -0.126. The second-order valence-electron chi connectivity index (χ2n) is 8.05. The predicted molar refractivity (Wildman–Crippen MR) is 125 cm³/mol. The fraction of sp³-hybridized carbons (Fsp3) is 0.192. The number of pyridine rings is 1. The summed E-state index contributed by atoms with van der Waals surface area (Å²) < 4.78 is 1.90. The monoisotopic (exact) mass is 436 g/mol. The van der Waals surface area contributed by atoms with Gasteiger partial charge in [0, 0.05) is 37.1 Å². The summed E-state index contributed by atoms with van der Waals surface area (Å²) in [6.45, 7) is 5.33. The molecule has 0 saturated carbocycles. The van der Waals surface area contributed by atoms with Gasteiger partial charge in [-0.25, -0.2) is 9.97 Å². The first-order chi connectivity index (χ1) is 16.2. The first-order valence-corrected chi connectivity index (χ1v) is 11.0. The van der Waals surface area contributed by atoms with Crippen molar-refractivity contribution < 1.29 is 4.79 Å². The Morgan fingerprint density at radius 2 is 1.91 bits per heavy atom. The number of carbonyl (C=O) groups excluding carboxylic acids is 1. The lowest BCUT2D eigenvalue weighted by atomic mass is 10.0. The molecular weight excluding hydrogens is 412 g/mol. The summed E-state index contributed by atoms with van der Waals surface area (Å²) in [7, 11) is 0. The second kappa shape index (κ2) is 9.16. The van der Waals surface area contributed by atoms with Crippen molar-refractivity contribution in [3.63, 3.8) is 0 Å². The highest BCUT2D eigenvalue weighted by atomic mass is 16.2. The molecule has 1 aliphatic rings. The third kappa shape index (κ3) is 4.57. The molecule has 0 radical (unpaired) electrons. The van der Waals surface area contributed by atoms with Gasteiger partial charge < -0.3 is 4.90 Å². The van der Waals surface area contributed by atoms with Crippen molar-refractivity contribution in [1.29, 1.82) is 0 Å². The van der Waals surface area contributed by atoms with Crippen molar-refractivity contribution in [1.82, 2.24) is 29.6 Å². The van der Waals surface area contributed by atoms with E-state index in [2.05, 4.69) is 23.7 Å². The lowest BCUT2D eigenvalue weighted by Gasteiger charge is -2.28. The zero-order chi connectivity index (χ0) is 22.6. The molecule has 1 amide bonds. The van der Waals surface area contributed by atoms with Crippen molar-refractivity contribution in [2.45, 2.75) is 25.9 Å². The fourth-order valence-corrected chi connectivity index (χ4v) is 4.12. The number of carbonyl (C=O) groups is 1. The molecule has 0 N–H and O–H groups in total. The minimum Gasteiger partial charge on any atom is -0.333 e. The van der Waals surface area contributed by atoms with E-state index in [1.165, 1.54) is 6.08 Å². The van der Waals surface area contributed by atoms with Crippen LogP contribution in [0.15, 0.2) is 79.8 Å². The second-order valence-corrected chi connectivity index (χ2v) is 8.05. The van der Waals surface area contributed by atoms with Crippen LogP contribution >= 0.6 is 0 Å². The van der Waals surface area contributed by atoms with Crippen molar-refractivity contribution in [3.05, 3.63) is 108 Å². The summed E-state index contributed by atoms with van der Waals surface area (Å²) in [5.41, 5.74) is 5.83. The summed E-state index contributed by atoms with van der Waals surface area (Å²) in [5.74, 6) is 0.649. The van der Waals surface area contributed by atoms with E-state index in [9.17, 15) is 4.79 Å². The zero-order valence-corrected chi connectivity index (χ0v) is 18.3. The minimum atomic E-state index is -0.0776. The molecule has 3 aromatic heterocycles. The number of rotatable bonds is 6. The van der Waals surface area contributed by atoms with E-state index in [4.69, 9.17) is 15.1 Å². The number of fused-ring (bicyclic) bond motifs is 1. The van der Waals surface area contributed by atoms with Crippen molar-refractivity contribution in [2.75, 3.05) is 6.54 Å². The van der Waals surface area contributed by atoms with E-state index < -0.39 is 0 Å². The van der Waals surface area contributed by atoms with Gasteiger partial charge in [-0.1, -0.05) is 43.0 Å². The van der Waals surface area contributed by atoms with Gasteiger partial charge in [0.1, 0.15) is 11.5 Å². The van der Waals surface area contributed by atoms with E-state index >= 15 is 0 Å². The van der Waals surface area contributed by atoms with E-state index in [-0.39, 0.29) is 5.91 Å². The topological polar surface area (TPSA) is 76.8 Å². The number of amides is 1. The molecule has 33 heavy (non-hydrogen) atoms. The Morgan fingerprint density at radius 3 is 2.70 bits per heavy atom. The molecule has 1 aromatic carbocycles. The molecule has 0 unspecified atom stereocenters. The Bertz CT molecular complexity index is 1280. The van der Waals surface area contributed by atoms with E-state index in [0.717, 1.165) is 39.6 Å². The number of aromatic nitrogens is 5. The van der Waals surface area contributed by atoms with Crippen LogP contribution in [0.1, 0.15) is 28.2 Å². The molecule has 0 bridgehead atoms. The van der Waals surface area contributed by atoms with Crippen LogP contribution in [-0.4, -0.2) is 42.1 Å². The van der Waals surface area contributed by atoms with Crippen LogP contribution in [0.5, 0.6) is 0 Å². The van der Waals surface area contributed by atoms with Crippen LogP contribution in [0.4, 0.5) is 0 Å². The normalized spacial score (nSPS) is 12.9. The predicted octanol–water partition coefficient (Wildman–Crippen LogP) is 3.44. The van der Waals surface area contributed by atoms with Crippen LogP contribution < -0.4 is 0 Å². The van der Waals surface area contributed by atoms with Crippen LogP contribution in [-0.2, 0) is 30.7 Å². The van der Waals surface area contributed by atoms with Crippen molar-refractivity contribution in [2.24, 2.45) is 0 Å². The third-order valence-corrected chi connectivity index (χ3v) is 5.75. The van der Waals surface area contributed by atoms with Gasteiger partial charge in [0.2, 0.25) is 5.91 Å². The molecule has 5 rings (SSSR count). The first kappa shape index (κ1) is 20.8. The summed E-state index contributed by atoms with van der Waals surface area (Å²) in [6.07, 6.45) is 8.23. The molecule has 0 atom stereocenters. The van der Waals surface area contributed by atoms with Gasteiger partial charge in [-0.05, 0) is 35.8 Å². The number of hydrogen-bond donors (Lipinski definition) is 0. The summed E-state index contributed by atoms with van der Waals surface area (Å²) in [4.78, 5) is 28.0. The van der Waals surface area contributed by atoms with Gasteiger partial charge in [0.25, 0.3) is 0 Å². The van der Waals surface area contributed by atoms with Gasteiger partial charge in [0.15, 0.2) is 0 Å². The van der Waals surface area contributed by atoms with Gasteiger partial charge in [-0.15, -0.1) is 0 Å². The van der Waals surface area contributed by atoms with E-state index in [1.807, 2.05) is 53.5 Å². The highest BCUT2D eigenvalue weighted by molar-refractivity contribution is 5.87. The fourth-order valence-electron chi connectivity index (χ4n) is 4.12. The van der Waals surface area contributed by atoms with Gasteiger partial charge in [-0.3, -0.25) is 14.5 Å². The maximum absolute atomic E-state index is 12.2.